The first-order valence-corrected chi connectivity index (χ1v) is 7.94. The standard InChI is InChI=1S/C14H21N3O2S/c1-12(2)10-16-20(18,19)17-11-14-7-4-3-6-13(14)8-5-9-15/h3-4,6-7,12,16-17H,9-11,15H2,1-2H3. The maximum absolute atomic E-state index is 11.8. The summed E-state index contributed by atoms with van der Waals surface area (Å²) in [6.45, 7) is 4.77. The highest BCUT2D eigenvalue weighted by atomic mass is 32.2. The minimum Gasteiger partial charge on any atom is -0.320 e. The van der Waals surface area contributed by atoms with Gasteiger partial charge in [0.15, 0.2) is 0 Å². The number of rotatable bonds is 6. The lowest BCUT2D eigenvalue weighted by molar-refractivity contribution is 0.547. The van der Waals surface area contributed by atoms with Crippen LogP contribution in [0.1, 0.15) is 25.0 Å². The second-order valence-corrected chi connectivity index (χ2v) is 6.31. The van der Waals surface area contributed by atoms with Crippen molar-refractivity contribution < 1.29 is 8.42 Å². The average molecular weight is 295 g/mol. The van der Waals surface area contributed by atoms with E-state index in [1.807, 2.05) is 38.1 Å². The molecule has 0 atom stereocenters. The third kappa shape index (κ3) is 6.17. The van der Waals surface area contributed by atoms with E-state index >= 15 is 0 Å². The molecule has 20 heavy (non-hydrogen) atoms. The molecule has 0 unspecified atom stereocenters. The topological polar surface area (TPSA) is 84.2 Å². The smallest absolute Gasteiger partial charge is 0.277 e. The minimum atomic E-state index is -3.48. The highest BCUT2D eigenvalue weighted by Gasteiger charge is 2.10. The average Bonchev–Trinajstić information content (AvgIpc) is 2.42. The summed E-state index contributed by atoms with van der Waals surface area (Å²) >= 11 is 0. The summed E-state index contributed by atoms with van der Waals surface area (Å²) in [5.74, 6) is 5.95. The Bertz CT molecular complexity index is 586. The summed E-state index contributed by atoms with van der Waals surface area (Å²) in [6, 6.07) is 7.38. The van der Waals surface area contributed by atoms with Crippen LogP contribution < -0.4 is 15.2 Å². The quantitative estimate of drug-likeness (QED) is 0.671. The zero-order valence-corrected chi connectivity index (χ0v) is 12.6. The molecule has 0 aliphatic carbocycles. The van der Waals surface area contributed by atoms with Gasteiger partial charge in [-0.1, -0.05) is 43.9 Å². The molecule has 1 aromatic rings. The molecule has 0 aliphatic heterocycles. The molecule has 0 bridgehead atoms. The molecule has 0 radical (unpaired) electrons. The Kier molecular flexibility index (Phi) is 6.68. The highest BCUT2D eigenvalue weighted by Crippen LogP contribution is 2.07. The molecule has 0 spiro atoms. The molecule has 1 rings (SSSR count). The number of hydrogen-bond acceptors (Lipinski definition) is 3. The second-order valence-electron chi connectivity index (χ2n) is 4.73. The number of nitrogens with one attached hydrogen (secondary N) is 2. The van der Waals surface area contributed by atoms with Gasteiger partial charge in [0.25, 0.3) is 10.2 Å². The zero-order valence-electron chi connectivity index (χ0n) is 11.8. The Balaban J connectivity index is 2.70. The van der Waals surface area contributed by atoms with Gasteiger partial charge in [0.05, 0.1) is 6.54 Å². The fraction of sp³-hybridized carbons (Fsp3) is 0.429. The van der Waals surface area contributed by atoms with E-state index in [2.05, 4.69) is 21.3 Å². The van der Waals surface area contributed by atoms with E-state index in [0.717, 1.165) is 11.1 Å². The van der Waals surface area contributed by atoms with Crippen LogP contribution in [0, 0.1) is 17.8 Å². The van der Waals surface area contributed by atoms with Crippen molar-refractivity contribution in [1.29, 1.82) is 0 Å². The van der Waals surface area contributed by atoms with Crippen LogP contribution in [0.4, 0.5) is 0 Å². The molecule has 0 aromatic heterocycles. The molecule has 0 aliphatic rings. The Morgan fingerprint density at radius 3 is 2.60 bits per heavy atom. The summed E-state index contributed by atoms with van der Waals surface area (Å²) in [5.41, 5.74) is 6.95. The van der Waals surface area contributed by atoms with Crippen molar-refractivity contribution in [2.24, 2.45) is 11.7 Å². The Morgan fingerprint density at radius 1 is 1.25 bits per heavy atom. The first-order valence-electron chi connectivity index (χ1n) is 6.45. The van der Waals surface area contributed by atoms with Crippen LogP contribution in [-0.4, -0.2) is 21.5 Å². The monoisotopic (exact) mass is 295 g/mol. The predicted octanol–water partition coefficient (Wildman–Crippen LogP) is 0.577. The minimum absolute atomic E-state index is 0.197. The van der Waals surface area contributed by atoms with Gasteiger partial charge < -0.3 is 5.73 Å². The number of benzene rings is 1. The summed E-state index contributed by atoms with van der Waals surface area (Å²) in [6.07, 6.45) is 0. The lowest BCUT2D eigenvalue weighted by Gasteiger charge is -2.10. The summed E-state index contributed by atoms with van der Waals surface area (Å²) in [7, 11) is -3.48. The van der Waals surface area contributed by atoms with Gasteiger partial charge in [0.2, 0.25) is 0 Å². The van der Waals surface area contributed by atoms with Crippen molar-refractivity contribution in [3.8, 4) is 11.8 Å². The second kappa shape index (κ2) is 8.02. The van der Waals surface area contributed by atoms with E-state index in [1.165, 1.54) is 0 Å². The van der Waals surface area contributed by atoms with E-state index in [4.69, 9.17) is 5.73 Å². The van der Waals surface area contributed by atoms with Crippen molar-refractivity contribution in [2.75, 3.05) is 13.1 Å². The normalized spacial score (nSPS) is 11.2. The SMILES string of the molecule is CC(C)CNS(=O)(=O)NCc1ccccc1C#CCN. The molecule has 4 N–H and O–H groups in total. The lowest BCUT2D eigenvalue weighted by Crippen LogP contribution is -2.38. The van der Waals surface area contributed by atoms with E-state index in [0.29, 0.717) is 6.54 Å². The van der Waals surface area contributed by atoms with Gasteiger partial charge >= 0.3 is 0 Å². The van der Waals surface area contributed by atoms with E-state index in [9.17, 15) is 8.42 Å². The van der Waals surface area contributed by atoms with Gasteiger partial charge in [-0.25, -0.2) is 4.72 Å². The van der Waals surface area contributed by atoms with Crippen LogP contribution in [-0.2, 0) is 16.8 Å². The molecule has 6 heteroatoms. The molecular formula is C14H21N3O2S. The maximum atomic E-state index is 11.8. The van der Waals surface area contributed by atoms with Crippen molar-refractivity contribution in [3.05, 3.63) is 35.4 Å². The van der Waals surface area contributed by atoms with Crippen LogP contribution in [0.15, 0.2) is 24.3 Å². The zero-order chi connectivity index (χ0) is 15.0. The van der Waals surface area contributed by atoms with Crippen LogP contribution in [0.5, 0.6) is 0 Å². The lowest BCUT2D eigenvalue weighted by atomic mass is 10.1. The molecule has 0 amide bonds. The summed E-state index contributed by atoms with van der Waals surface area (Å²) < 4.78 is 28.5. The van der Waals surface area contributed by atoms with Crippen LogP contribution >= 0.6 is 0 Å². The van der Waals surface area contributed by atoms with E-state index in [1.54, 1.807) is 0 Å². The van der Waals surface area contributed by atoms with Crippen LogP contribution in [0.2, 0.25) is 0 Å². The Morgan fingerprint density at radius 2 is 1.95 bits per heavy atom. The van der Waals surface area contributed by atoms with Gasteiger partial charge in [-0.2, -0.15) is 13.1 Å². The van der Waals surface area contributed by atoms with Crippen molar-refractivity contribution in [2.45, 2.75) is 20.4 Å². The fourth-order valence-electron chi connectivity index (χ4n) is 1.44. The van der Waals surface area contributed by atoms with Gasteiger partial charge in [0, 0.05) is 18.7 Å². The molecular weight excluding hydrogens is 274 g/mol. The van der Waals surface area contributed by atoms with E-state index < -0.39 is 10.2 Å². The third-order valence-corrected chi connectivity index (χ3v) is 3.55. The molecule has 0 saturated heterocycles. The number of hydrogen-bond donors (Lipinski definition) is 3. The highest BCUT2D eigenvalue weighted by molar-refractivity contribution is 7.87. The van der Waals surface area contributed by atoms with Crippen LogP contribution in [0.25, 0.3) is 0 Å². The Hall–Kier alpha value is -1.39. The van der Waals surface area contributed by atoms with Gasteiger partial charge in [-0.3, -0.25) is 0 Å². The van der Waals surface area contributed by atoms with Crippen LogP contribution in [0.3, 0.4) is 0 Å². The van der Waals surface area contributed by atoms with Gasteiger partial charge in [-0.15, -0.1) is 0 Å². The maximum Gasteiger partial charge on any atom is 0.277 e. The molecule has 110 valence electrons. The largest absolute Gasteiger partial charge is 0.320 e. The number of nitrogens with two attached hydrogens (primary N) is 1. The summed E-state index contributed by atoms with van der Waals surface area (Å²) in [5, 5.41) is 0. The van der Waals surface area contributed by atoms with Crippen molar-refractivity contribution in [1.82, 2.24) is 9.44 Å². The molecule has 0 saturated carbocycles. The Labute approximate surface area is 121 Å². The van der Waals surface area contributed by atoms with Crippen molar-refractivity contribution in [3.63, 3.8) is 0 Å². The predicted molar refractivity (Wildman–Crippen MR) is 81.0 cm³/mol. The fourth-order valence-corrected chi connectivity index (χ4v) is 2.44. The molecule has 5 nitrogen and oxygen atoms in total. The first-order chi connectivity index (χ1) is 9.44. The van der Waals surface area contributed by atoms with Gasteiger partial charge in [-0.05, 0) is 17.5 Å². The molecule has 0 fully saturated rings. The molecule has 0 heterocycles. The molecule has 1 aromatic carbocycles. The van der Waals surface area contributed by atoms with E-state index in [-0.39, 0.29) is 19.0 Å². The first kappa shape index (κ1) is 16.7. The van der Waals surface area contributed by atoms with Gasteiger partial charge in [0.1, 0.15) is 0 Å². The third-order valence-electron chi connectivity index (χ3n) is 2.48. The van der Waals surface area contributed by atoms with Crippen molar-refractivity contribution >= 4 is 10.2 Å². The summed E-state index contributed by atoms with van der Waals surface area (Å²) in [4.78, 5) is 0.